The van der Waals surface area contributed by atoms with Gasteiger partial charge in [0.15, 0.2) is 0 Å². The van der Waals surface area contributed by atoms with Gasteiger partial charge in [0, 0.05) is 0 Å². The van der Waals surface area contributed by atoms with Crippen LogP contribution in [0.25, 0.3) is 0 Å². The number of anilines is 4. The van der Waals surface area contributed by atoms with E-state index in [1.807, 2.05) is 60.7 Å². The number of hydrogen-bond donors (Lipinski definition) is 4. The largest absolute Gasteiger partial charge is 0.299 e. The van der Waals surface area contributed by atoms with Gasteiger partial charge in [-0.1, -0.05) is 47.7 Å². The molecule has 0 unspecified atom stereocenters. The van der Waals surface area contributed by atoms with Gasteiger partial charge in [-0.2, -0.15) is 0 Å². The fourth-order valence-electron chi connectivity index (χ4n) is 1.62. The molecule has 1 heterocycles. The van der Waals surface area contributed by atoms with Crippen molar-refractivity contribution in [2.24, 2.45) is 0 Å². The van der Waals surface area contributed by atoms with Gasteiger partial charge in [0.2, 0.25) is 10.3 Å². The third-order valence-corrected chi connectivity index (χ3v) is 3.35. The first kappa shape index (κ1) is 13.2. The zero-order valence-corrected chi connectivity index (χ0v) is 11.9. The average molecular weight is 298 g/mol. The topological polar surface area (TPSA) is 73.9 Å². The monoisotopic (exact) mass is 298 g/mol. The van der Waals surface area contributed by atoms with Crippen LogP contribution >= 0.6 is 11.3 Å². The number of nitrogens with zero attached hydrogens (tertiary/aromatic N) is 2. The van der Waals surface area contributed by atoms with Gasteiger partial charge in [-0.05, 0) is 24.3 Å². The maximum atomic E-state index is 4.04. The highest BCUT2D eigenvalue weighted by Gasteiger charge is 2.02. The SMILES string of the molecule is c1ccc(NNc2nnc(NNc3ccccc3)s2)cc1. The van der Waals surface area contributed by atoms with Crippen LogP contribution in [-0.4, -0.2) is 10.2 Å². The molecule has 0 aliphatic carbocycles. The number of nitrogens with one attached hydrogen (secondary N) is 4. The molecule has 0 saturated carbocycles. The van der Waals surface area contributed by atoms with Crippen LogP contribution in [0.15, 0.2) is 60.7 Å². The van der Waals surface area contributed by atoms with Crippen molar-refractivity contribution >= 4 is 33.0 Å². The lowest BCUT2D eigenvalue weighted by molar-refractivity contribution is 1.08. The molecule has 0 radical (unpaired) electrons. The third-order valence-electron chi connectivity index (χ3n) is 2.60. The normalized spacial score (nSPS) is 9.90. The van der Waals surface area contributed by atoms with E-state index < -0.39 is 0 Å². The molecule has 1 aromatic heterocycles. The number of benzene rings is 2. The molecule has 106 valence electrons. The van der Waals surface area contributed by atoms with E-state index in [1.165, 1.54) is 11.3 Å². The van der Waals surface area contributed by atoms with Crippen molar-refractivity contribution in [3.05, 3.63) is 60.7 Å². The minimum atomic E-state index is 0.677. The Bertz CT molecular complexity index is 612. The molecule has 0 fully saturated rings. The molecule has 3 rings (SSSR count). The predicted molar refractivity (Wildman–Crippen MR) is 87.3 cm³/mol. The molecular weight excluding hydrogens is 284 g/mol. The maximum absolute atomic E-state index is 4.04. The van der Waals surface area contributed by atoms with Crippen molar-refractivity contribution in [3.8, 4) is 0 Å². The summed E-state index contributed by atoms with van der Waals surface area (Å²) in [5.74, 6) is 0. The molecule has 0 atom stereocenters. The van der Waals surface area contributed by atoms with Crippen LogP contribution in [0, 0.1) is 0 Å². The molecule has 21 heavy (non-hydrogen) atoms. The van der Waals surface area contributed by atoms with Crippen LogP contribution in [0.3, 0.4) is 0 Å². The van der Waals surface area contributed by atoms with Crippen LogP contribution in [0.1, 0.15) is 0 Å². The molecular formula is C14H14N6S. The van der Waals surface area contributed by atoms with E-state index in [2.05, 4.69) is 31.9 Å². The van der Waals surface area contributed by atoms with Gasteiger partial charge in [0.05, 0.1) is 11.4 Å². The number of rotatable bonds is 6. The Labute approximate surface area is 126 Å². The average Bonchev–Trinajstić information content (AvgIpc) is 3.01. The van der Waals surface area contributed by atoms with Crippen LogP contribution in [0.2, 0.25) is 0 Å². The van der Waals surface area contributed by atoms with E-state index in [-0.39, 0.29) is 0 Å². The number of hydrogen-bond acceptors (Lipinski definition) is 7. The van der Waals surface area contributed by atoms with Gasteiger partial charge < -0.3 is 0 Å². The highest BCUT2D eigenvalue weighted by molar-refractivity contribution is 7.19. The van der Waals surface area contributed by atoms with E-state index in [0.717, 1.165) is 11.4 Å². The minimum absolute atomic E-state index is 0.677. The Hall–Kier alpha value is -2.80. The van der Waals surface area contributed by atoms with E-state index >= 15 is 0 Å². The Balaban J connectivity index is 1.52. The van der Waals surface area contributed by atoms with Crippen molar-refractivity contribution < 1.29 is 0 Å². The van der Waals surface area contributed by atoms with Crippen LogP contribution in [0.4, 0.5) is 21.6 Å². The van der Waals surface area contributed by atoms with Crippen molar-refractivity contribution in [1.82, 2.24) is 10.2 Å². The van der Waals surface area contributed by atoms with Crippen LogP contribution in [-0.2, 0) is 0 Å². The molecule has 2 aromatic carbocycles. The Kier molecular flexibility index (Phi) is 4.13. The molecule has 0 bridgehead atoms. The molecule has 0 amide bonds. The Morgan fingerprint density at radius 3 is 1.43 bits per heavy atom. The maximum Gasteiger partial charge on any atom is 0.225 e. The van der Waals surface area contributed by atoms with Gasteiger partial charge in [0.25, 0.3) is 0 Å². The fourth-order valence-corrected chi connectivity index (χ4v) is 2.17. The van der Waals surface area contributed by atoms with E-state index in [9.17, 15) is 0 Å². The van der Waals surface area contributed by atoms with Crippen molar-refractivity contribution in [1.29, 1.82) is 0 Å². The highest BCUT2D eigenvalue weighted by atomic mass is 32.1. The van der Waals surface area contributed by atoms with Crippen LogP contribution in [0.5, 0.6) is 0 Å². The summed E-state index contributed by atoms with van der Waals surface area (Å²) in [6.07, 6.45) is 0. The van der Waals surface area contributed by atoms with Crippen molar-refractivity contribution in [3.63, 3.8) is 0 Å². The number of para-hydroxylation sites is 2. The van der Waals surface area contributed by atoms with Gasteiger partial charge in [-0.15, -0.1) is 10.2 Å². The molecule has 3 aromatic rings. The van der Waals surface area contributed by atoms with Gasteiger partial charge >= 0.3 is 0 Å². The highest BCUT2D eigenvalue weighted by Crippen LogP contribution is 2.20. The molecule has 0 aliphatic heterocycles. The van der Waals surface area contributed by atoms with E-state index in [4.69, 9.17) is 0 Å². The number of aromatic nitrogens is 2. The van der Waals surface area contributed by atoms with Gasteiger partial charge in [-0.25, -0.2) is 0 Å². The smallest absolute Gasteiger partial charge is 0.225 e. The summed E-state index contributed by atoms with van der Waals surface area (Å²) >= 11 is 1.40. The summed E-state index contributed by atoms with van der Waals surface area (Å²) in [7, 11) is 0. The lowest BCUT2D eigenvalue weighted by Crippen LogP contribution is -2.07. The second kappa shape index (κ2) is 6.58. The predicted octanol–water partition coefficient (Wildman–Crippen LogP) is 3.42. The van der Waals surface area contributed by atoms with Crippen molar-refractivity contribution in [2.75, 3.05) is 21.7 Å². The minimum Gasteiger partial charge on any atom is -0.299 e. The summed E-state index contributed by atoms with van der Waals surface area (Å²) in [5.41, 5.74) is 14.1. The second-order valence-corrected chi connectivity index (χ2v) is 5.12. The number of hydrazine groups is 2. The van der Waals surface area contributed by atoms with Crippen molar-refractivity contribution in [2.45, 2.75) is 0 Å². The lowest BCUT2D eigenvalue weighted by atomic mass is 10.3. The lowest BCUT2D eigenvalue weighted by Gasteiger charge is -2.06. The zero-order chi connectivity index (χ0) is 14.3. The fraction of sp³-hybridized carbons (Fsp3) is 0. The standard InChI is InChI=1S/C14H14N6S/c1-3-7-11(8-4-1)15-17-13-19-20-14(21-13)18-16-12-9-5-2-6-10-12/h1-10,15-16H,(H,17,19)(H,18,20). The summed E-state index contributed by atoms with van der Waals surface area (Å²) in [6, 6.07) is 19.6. The molecule has 0 saturated heterocycles. The summed E-state index contributed by atoms with van der Waals surface area (Å²) in [4.78, 5) is 0. The summed E-state index contributed by atoms with van der Waals surface area (Å²) < 4.78 is 0. The molecule has 4 N–H and O–H groups in total. The second-order valence-electron chi connectivity index (χ2n) is 4.14. The van der Waals surface area contributed by atoms with E-state index in [0.29, 0.717) is 10.3 Å². The van der Waals surface area contributed by atoms with Crippen LogP contribution < -0.4 is 21.7 Å². The summed E-state index contributed by atoms with van der Waals surface area (Å²) in [6.45, 7) is 0. The first-order valence-corrected chi connectivity index (χ1v) is 7.19. The Morgan fingerprint density at radius 2 is 1.00 bits per heavy atom. The molecule has 0 aliphatic rings. The molecule has 7 heteroatoms. The first-order valence-electron chi connectivity index (χ1n) is 6.38. The molecule has 0 spiro atoms. The van der Waals surface area contributed by atoms with E-state index in [1.54, 1.807) is 0 Å². The third kappa shape index (κ3) is 3.83. The molecule has 6 nitrogen and oxygen atoms in total. The zero-order valence-electron chi connectivity index (χ0n) is 11.1. The van der Waals surface area contributed by atoms with Gasteiger partial charge in [-0.3, -0.25) is 21.7 Å². The quantitative estimate of drug-likeness (QED) is 0.523. The Morgan fingerprint density at radius 1 is 0.571 bits per heavy atom. The summed E-state index contributed by atoms with van der Waals surface area (Å²) in [5, 5.41) is 9.43. The van der Waals surface area contributed by atoms with Gasteiger partial charge in [0.1, 0.15) is 0 Å². The first-order chi connectivity index (χ1) is 10.4.